The second-order valence-electron chi connectivity index (χ2n) is 6.89. The molecule has 0 atom stereocenters. The van der Waals surface area contributed by atoms with Gasteiger partial charge in [0.1, 0.15) is 11.6 Å². The molecule has 0 radical (unpaired) electrons. The third-order valence-electron chi connectivity index (χ3n) is 5.16. The first-order chi connectivity index (χ1) is 13.9. The highest BCUT2D eigenvalue weighted by Gasteiger charge is 2.28. The van der Waals surface area contributed by atoms with Crippen molar-refractivity contribution in [3.05, 3.63) is 46.8 Å². The standard InChI is InChI=1S/C21H24FN3O4/c1-4-25-8-7-14-15(16-9-13(22)5-6-19(16)29-3)10-17(21(27)24-28)20(18(14)11-25)23-12(2)26/h5-6,9-10,28H,4,7-8,11H2,1-3H3,(H,23,26)(H,24,27). The van der Waals surface area contributed by atoms with Gasteiger partial charge in [-0.25, -0.2) is 9.87 Å². The minimum absolute atomic E-state index is 0.0979. The molecule has 3 N–H and O–H groups in total. The molecule has 0 bridgehead atoms. The van der Waals surface area contributed by atoms with E-state index in [-0.39, 0.29) is 11.5 Å². The van der Waals surface area contributed by atoms with Gasteiger partial charge in [-0.05, 0) is 53.9 Å². The quantitative estimate of drug-likeness (QED) is 0.529. The van der Waals surface area contributed by atoms with Crippen LogP contribution in [0.4, 0.5) is 10.1 Å². The normalized spacial score (nSPS) is 13.6. The van der Waals surface area contributed by atoms with Crippen LogP contribution in [0.3, 0.4) is 0 Å². The summed E-state index contributed by atoms with van der Waals surface area (Å²) in [6.45, 7) is 5.49. The van der Waals surface area contributed by atoms with Crippen molar-refractivity contribution in [3.8, 4) is 16.9 Å². The second-order valence-corrected chi connectivity index (χ2v) is 6.89. The minimum atomic E-state index is -0.762. The molecule has 2 amide bonds. The number of amides is 2. The number of rotatable bonds is 5. The number of fused-ring (bicyclic) bond motifs is 1. The lowest BCUT2D eigenvalue weighted by molar-refractivity contribution is -0.114. The van der Waals surface area contributed by atoms with Crippen LogP contribution >= 0.6 is 0 Å². The first-order valence-electron chi connectivity index (χ1n) is 9.36. The van der Waals surface area contributed by atoms with E-state index in [0.717, 1.165) is 24.2 Å². The number of methoxy groups -OCH3 is 1. The van der Waals surface area contributed by atoms with Gasteiger partial charge in [-0.1, -0.05) is 6.92 Å². The molecule has 8 heteroatoms. The molecule has 3 rings (SSSR count). The molecular weight excluding hydrogens is 377 g/mol. The Hall–Kier alpha value is -2.97. The van der Waals surface area contributed by atoms with Crippen LogP contribution in [-0.4, -0.2) is 42.1 Å². The van der Waals surface area contributed by atoms with Crippen molar-refractivity contribution in [1.82, 2.24) is 10.4 Å². The number of hydroxylamine groups is 1. The average molecular weight is 401 g/mol. The summed E-state index contributed by atoms with van der Waals surface area (Å²) in [5.41, 5.74) is 4.93. The molecule has 0 saturated heterocycles. The monoisotopic (exact) mass is 401 g/mol. The van der Waals surface area contributed by atoms with Crippen molar-refractivity contribution in [1.29, 1.82) is 0 Å². The lowest BCUT2D eigenvalue weighted by Gasteiger charge is -2.32. The molecule has 1 aliphatic rings. The fraction of sp³-hybridized carbons (Fsp3) is 0.333. The van der Waals surface area contributed by atoms with Crippen molar-refractivity contribution in [2.75, 3.05) is 25.5 Å². The smallest absolute Gasteiger partial charge is 0.276 e. The molecule has 0 aliphatic carbocycles. The average Bonchev–Trinajstić information content (AvgIpc) is 2.72. The maximum absolute atomic E-state index is 14.1. The summed E-state index contributed by atoms with van der Waals surface area (Å²) >= 11 is 0. The summed E-state index contributed by atoms with van der Waals surface area (Å²) in [5.74, 6) is -1.06. The predicted molar refractivity (Wildman–Crippen MR) is 107 cm³/mol. The van der Waals surface area contributed by atoms with E-state index >= 15 is 0 Å². The highest BCUT2D eigenvalue weighted by atomic mass is 19.1. The van der Waals surface area contributed by atoms with Crippen molar-refractivity contribution < 1.29 is 23.9 Å². The number of carbonyl (C=O) groups is 2. The molecule has 0 saturated carbocycles. The highest BCUT2D eigenvalue weighted by molar-refractivity contribution is 6.05. The number of likely N-dealkylation sites (N-methyl/N-ethyl adjacent to an activating group) is 1. The number of nitrogens with one attached hydrogen (secondary N) is 2. The van der Waals surface area contributed by atoms with Gasteiger partial charge in [-0.3, -0.25) is 19.7 Å². The summed E-state index contributed by atoms with van der Waals surface area (Å²) in [4.78, 5) is 26.4. The van der Waals surface area contributed by atoms with Gasteiger partial charge in [0.2, 0.25) is 5.91 Å². The molecule has 1 aliphatic heterocycles. The number of hydrogen-bond acceptors (Lipinski definition) is 5. The Bertz CT molecular complexity index is 961. The van der Waals surface area contributed by atoms with Crippen LogP contribution in [0.2, 0.25) is 0 Å². The van der Waals surface area contributed by atoms with Gasteiger partial charge in [0.05, 0.1) is 18.4 Å². The predicted octanol–water partition coefficient (Wildman–Crippen LogP) is 2.96. The van der Waals surface area contributed by atoms with Crippen LogP contribution in [0.1, 0.15) is 35.3 Å². The van der Waals surface area contributed by atoms with E-state index in [1.807, 2.05) is 6.92 Å². The van der Waals surface area contributed by atoms with Crippen LogP contribution in [0, 0.1) is 5.82 Å². The lowest BCUT2D eigenvalue weighted by atomic mass is 9.86. The second kappa shape index (κ2) is 8.59. The molecule has 0 fully saturated rings. The van der Waals surface area contributed by atoms with E-state index in [1.54, 1.807) is 11.5 Å². The van der Waals surface area contributed by atoms with E-state index < -0.39 is 11.7 Å². The summed E-state index contributed by atoms with van der Waals surface area (Å²) < 4.78 is 19.5. The zero-order chi connectivity index (χ0) is 21.1. The summed E-state index contributed by atoms with van der Waals surface area (Å²) in [7, 11) is 1.50. The Morgan fingerprint density at radius 1 is 1.24 bits per heavy atom. The zero-order valence-corrected chi connectivity index (χ0v) is 16.6. The fourth-order valence-electron chi connectivity index (χ4n) is 3.77. The Kier molecular flexibility index (Phi) is 6.14. The van der Waals surface area contributed by atoms with Gasteiger partial charge in [0.15, 0.2) is 0 Å². The Balaban J connectivity index is 2.34. The largest absolute Gasteiger partial charge is 0.496 e. The van der Waals surface area contributed by atoms with Crippen LogP contribution < -0.4 is 15.5 Å². The number of halogens is 1. The third-order valence-corrected chi connectivity index (χ3v) is 5.16. The molecule has 1 heterocycles. The van der Waals surface area contributed by atoms with Gasteiger partial charge < -0.3 is 10.1 Å². The van der Waals surface area contributed by atoms with Crippen molar-refractivity contribution in [2.24, 2.45) is 0 Å². The molecule has 7 nitrogen and oxygen atoms in total. The number of nitrogens with zero attached hydrogens (tertiary/aromatic N) is 1. The van der Waals surface area contributed by atoms with Crippen molar-refractivity contribution in [2.45, 2.75) is 26.8 Å². The lowest BCUT2D eigenvalue weighted by Crippen LogP contribution is -2.33. The van der Waals surface area contributed by atoms with Crippen LogP contribution in [0.5, 0.6) is 5.75 Å². The van der Waals surface area contributed by atoms with Gasteiger partial charge in [0, 0.05) is 25.6 Å². The molecule has 0 spiro atoms. The maximum Gasteiger partial charge on any atom is 0.276 e. The van der Waals surface area contributed by atoms with Crippen LogP contribution in [0.15, 0.2) is 24.3 Å². The van der Waals surface area contributed by atoms with Gasteiger partial charge >= 0.3 is 0 Å². The Labute approximate surface area is 168 Å². The molecule has 0 unspecified atom stereocenters. The third kappa shape index (κ3) is 4.08. The van der Waals surface area contributed by atoms with E-state index in [4.69, 9.17) is 4.74 Å². The van der Waals surface area contributed by atoms with E-state index in [1.165, 1.54) is 32.2 Å². The van der Waals surface area contributed by atoms with Crippen molar-refractivity contribution >= 4 is 17.5 Å². The zero-order valence-electron chi connectivity index (χ0n) is 16.6. The summed E-state index contributed by atoms with van der Waals surface area (Å²) in [6, 6.07) is 5.76. The Morgan fingerprint density at radius 3 is 2.62 bits per heavy atom. The maximum atomic E-state index is 14.1. The molecule has 2 aromatic rings. The first kappa shape index (κ1) is 20.8. The van der Waals surface area contributed by atoms with E-state index in [9.17, 15) is 19.2 Å². The molecule has 0 aromatic heterocycles. The van der Waals surface area contributed by atoms with Gasteiger partial charge in [-0.2, -0.15) is 0 Å². The minimum Gasteiger partial charge on any atom is -0.496 e. The molecule has 29 heavy (non-hydrogen) atoms. The number of hydrogen-bond donors (Lipinski definition) is 3. The first-order valence-corrected chi connectivity index (χ1v) is 9.36. The van der Waals surface area contributed by atoms with Crippen molar-refractivity contribution in [3.63, 3.8) is 0 Å². The molecule has 154 valence electrons. The van der Waals surface area contributed by atoms with E-state index in [2.05, 4.69) is 10.2 Å². The topological polar surface area (TPSA) is 90.9 Å². The molecular formula is C21H24FN3O4. The highest BCUT2D eigenvalue weighted by Crippen LogP contribution is 2.41. The molecule has 2 aromatic carbocycles. The fourth-order valence-corrected chi connectivity index (χ4v) is 3.77. The van der Waals surface area contributed by atoms with E-state index in [0.29, 0.717) is 35.5 Å². The SMILES string of the molecule is CCN1CCc2c(-c3cc(F)ccc3OC)cc(C(=O)NO)c(NC(C)=O)c2C1. The van der Waals surface area contributed by atoms with Crippen LogP contribution in [-0.2, 0) is 17.8 Å². The van der Waals surface area contributed by atoms with Gasteiger partial charge in [-0.15, -0.1) is 0 Å². The Morgan fingerprint density at radius 2 is 2.00 bits per heavy atom. The van der Waals surface area contributed by atoms with Gasteiger partial charge in [0.25, 0.3) is 5.91 Å². The number of benzene rings is 2. The number of ether oxygens (including phenoxy) is 1. The number of carbonyl (C=O) groups excluding carboxylic acids is 2. The summed E-state index contributed by atoms with van der Waals surface area (Å²) in [6.07, 6.45) is 0.659. The summed E-state index contributed by atoms with van der Waals surface area (Å²) in [5, 5.41) is 12.0. The van der Waals surface area contributed by atoms with Crippen LogP contribution in [0.25, 0.3) is 11.1 Å². The number of anilines is 1.